The minimum Gasteiger partial charge on any atom is -0.497 e. The number of aryl methyl sites for hydroxylation is 1. The number of allylic oxidation sites excluding steroid dienone is 1. The Morgan fingerprint density at radius 2 is 1.65 bits per heavy atom. The number of rotatable bonds is 6. The molecular weight excluding hydrogens is 426 g/mol. The van der Waals surface area contributed by atoms with Gasteiger partial charge in [-0.25, -0.2) is 0 Å². The van der Waals surface area contributed by atoms with E-state index >= 15 is 0 Å². The second-order valence-electron chi connectivity index (χ2n) is 8.51. The van der Waals surface area contributed by atoms with Gasteiger partial charge in [0.15, 0.2) is 5.78 Å². The molecule has 2 N–H and O–H groups in total. The first kappa shape index (κ1) is 21.8. The van der Waals surface area contributed by atoms with Crippen LogP contribution in [0.4, 0.5) is 11.4 Å². The Labute approximate surface area is 199 Å². The number of nitrogens with one attached hydrogen (secondary N) is 2. The highest BCUT2D eigenvalue weighted by Crippen LogP contribution is 2.38. The summed E-state index contributed by atoms with van der Waals surface area (Å²) in [6.45, 7) is 0. The van der Waals surface area contributed by atoms with Crippen molar-refractivity contribution in [1.82, 2.24) is 0 Å². The fourth-order valence-electron chi connectivity index (χ4n) is 4.76. The number of carbonyl (C=O) groups is 1. The first-order valence-electron chi connectivity index (χ1n) is 11.4. The maximum absolute atomic E-state index is 13.8. The molecule has 0 saturated carbocycles. The predicted octanol–water partition coefficient (Wildman–Crippen LogP) is 4.99. The minimum atomic E-state index is -0.488. The number of Topliss-reactive ketones (excluding diaryl/α,β-unsaturated/α-hetero) is 1. The van der Waals surface area contributed by atoms with Gasteiger partial charge in [-0.1, -0.05) is 48.5 Å². The van der Waals surface area contributed by atoms with Crippen LogP contribution in [0.25, 0.3) is 0 Å². The molecule has 34 heavy (non-hydrogen) atoms. The number of nitrogens with zero attached hydrogens (tertiary/aromatic N) is 1. The lowest BCUT2D eigenvalue weighted by Gasteiger charge is -2.26. The molecule has 1 atom stereocenters. The largest absolute Gasteiger partial charge is 0.497 e. The molecular formula is C28H27N3O3. The van der Waals surface area contributed by atoms with Crippen molar-refractivity contribution in [1.29, 1.82) is 5.41 Å². The molecule has 6 heteroatoms. The number of ketones is 1. The van der Waals surface area contributed by atoms with Crippen LogP contribution in [-0.4, -0.2) is 31.9 Å². The molecule has 1 saturated heterocycles. The lowest BCUT2D eigenvalue weighted by Crippen LogP contribution is -2.35. The van der Waals surface area contributed by atoms with Crippen molar-refractivity contribution in [3.05, 3.63) is 95.2 Å². The SMILES string of the molecule is COc1cc(OC)cc(N2C(=N)C(=C3Cc4ccccc4N3)C(=O)C2CCc2ccccc2)c1. The van der Waals surface area contributed by atoms with Gasteiger partial charge in [-0.15, -0.1) is 0 Å². The van der Waals surface area contributed by atoms with Gasteiger partial charge in [-0.2, -0.15) is 0 Å². The lowest BCUT2D eigenvalue weighted by molar-refractivity contribution is -0.115. The van der Waals surface area contributed by atoms with E-state index in [2.05, 4.69) is 23.5 Å². The van der Waals surface area contributed by atoms with Crippen molar-refractivity contribution in [3.63, 3.8) is 0 Å². The van der Waals surface area contributed by atoms with E-state index in [1.165, 1.54) is 0 Å². The minimum absolute atomic E-state index is 0.0296. The van der Waals surface area contributed by atoms with E-state index in [1.54, 1.807) is 20.3 Å². The number of methoxy groups -OCH3 is 2. The third kappa shape index (κ3) is 3.92. The smallest absolute Gasteiger partial charge is 0.191 e. The molecule has 5 rings (SSSR count). The molecule has 2 aliphatic rings. The van der Waals surface area contributed by atoms with Crippen molar-refractivity contribution >= 4 is 23.0 Å². The van der Waals surface area contributed by atoms with Gasteiger partial charge in [0, 0.05) is 36.0 Å². The van der Waals surface area contributed by atoms with E-state index < -0.39 is 6.04 Å². The summed E-state index contributed by atoms with van der Waals surface area (Å²) in [6, 6.07) is 23.2. The normalized spacial score (nSPS) is 19.2. The Hall–Kier alpha value is -4.06. The van der Waals surface area contributed by atoms with E-state index in [4.69, 9.17) is 14.9 Å². The van der Waals surface area contributed by atoms with Crippen LogP contribution >= 0.6 is 0 Å². The van der Waals surface area contributed by atoms with E-state index in [0.717, 1.165) is 28.9 Å². The highest BCUT2D eigenvalue weighted by atomic mass is 16.5. The molecule has 0 amide bonds. The zero-order valence-electron chi connectivity index (χ0n) is 19.3. The van der Waals surface area contributed by atoms with Crippen LogP contribution in [0.5, 0.6) is 11.5 Å². The van der Waals surface area contributed by atoms with Gasteiger partial charge in [0.05, 0.1) is 31.5 Å². The molecule has 2 aliphatic heterocycles. The summed E-state index contributed by atoms with van der Waals surface area (Å²) in [5.74, 6) is 1.40. The second kappa shape index (κ2) is 9.06. The van der Waals surface area contributed by atoms with E-state index in [-0.39, 0.29) is 11.6 Å². The van der Waals surface area contributed by atoms with Crippen LogP contribution in [0, 0.1) is 5.41 Å². The zero-order valence-corrected chi connectivity index (χ0v) is 19.3. The summed E-state index contributed by atoms with van der Waals surface area (Å²) in [5, 5.41) is 12.5. The zero-order chi connectivity index (χ0) is 23.7. The average molecular weight is 454 g/mol. The van der Waals surface area contributed by atoms with Crippen molar-refractivity contribution < 1.29 is 14.3 Å². The van der Waals surface area contributed by atoms with Crippen molar-refractivity contribution in [2.45, 2.75) is 25.3 Å². The summed E-state index contributed by atoms with van der Waals surface area (Å²) < 4.78 is 10.9. The van der Waals surface area contributed by atoms with Crippen LogP contribution < -0.4 is 19.7 Å². The number of carbonyl (C=O) groups excluding carboxylic acids is 1. The molecule has 1 unspecified atom stereocenters. The van der Waals surface area contributed by atoms with E-state index in [0.29, 0.717) is 35.6 Å². The number of hydrogen-bond acceptors (Lipinski definition) is 5. The summed E-state index contributed by atoms with van der Waals surface area (Å²) in [6.07, 6.45) is 1.94. The van der Waals surface area contributed by atoms with Gasteiger partial charge in [0.2, 0.25) is 0 Å². The topological polar surface area (TPSA) is 74.7 Å². The molecule has 1 fully saturated rings. The van der Waals surface area contributed by atoms with Crippen molar-refractivity contribution in [2.24, 2.45) is 0 Å². The number of hydrogen-bond donors (Lipinski definition) is 2. The molecule has 0 spiro atoms. The number of fused-ring (bicyclic) bond motifs is 1. The molecule has 0 aromatic heterocycles. The number of anilines is 2. The van der Waals surface area contributed by atoms with Crippen LogP contribution in [0.2, 0.25) is 0 Å². The Kier molecular flexibility index (Phi) is 5.80. The molecule has 2 heterocycles. The van der Waals surface area contributed by atoms with Crippen LogP contribution in [0.15, 0.2) is 84.1 Å². The van der Waals surface area contributed by atoms with Crippen LogP contribution in [-0.2, 0) is 17.6 Å². The summed E-state index contributed by atoms with van der Waals surface area (Å²) in [5.41, 5.74) is 5.24. The Balaban J connectivity index is 1.55. The molecule has 172 valence electrons. The Morgan fingerprint density at radius 3 is 2.32 bits per heavy atom. The molecule has 0 radical (unpaired) electrons. The number of para-hydroxylation sites is 1. The van der Waals surface area contributed by atoms with Crippen molar-refractivity contribution in [2.75, 3.05) is 24.4 Å². The summed E-state index contributed by atoms with van der Waals surface area (Å²) in [4.78, 5) is 15.6. The highest BCUT2D eigenvalue weighted by molar-refractivity contribution is 6.35. The highest BCUT2D eigenvalue weighted by Gasteiger charge is 2.43. The van der Waals surface area contributed by atoms with Gasteiger partial charge in [-0.05, 0) is 30.0 Å². The summed E-state index contributed by atoms with van der Waals surface area (Å²) in [7, 11) is 3.19. The third-order valence-corrected chi connectivity index (χ3v) is 6.47. The van der Waals surface area contributed by atoms with Gasteiger partial charge < -0.3 is 19.7 Å². The number of ether oxygens (including phenoxy) is 2. The predicted molar refractivity (Wildman–Crippen MR) is 134 cm³/mol. The fraction of sp³-hybridized carbons (Fsp3) is 0.214. The van der Waals surface area contributed by atoms with Crippen LogP contribution in [0.3, 0.4) is 0 Å². The van der Waals surface area contributed by atoms with Crippen molar-refractivity contribution in [3.8, 4) is 11.5 Å². The second-order valence-corrected chi connectivity index (χ2v) is 8.51. The lowest BCUT2D eigenvalue weighted by atomic mass is 9.99. The van der Waals surface area contributed by atoms with E-state index in [1.807, 2.05) is 53.4 Å². The van der Waals surface area contributed by atoms with E-state index in [9.17, 15) is 4.79 Å². The molecule has 6 nitrogen and oxygen atoms in total. The van der Waals surface area contributed by atoms with Crippen LogP contribution in [0.1, 0.15) is 17.5 Å². The van der Waals surface area contributed by atoms with Gasteiger partial charge in [-0.3, -0.25) is 10.2 Å². The quantitative estimate of drug-likeness (QED) is 0.514. The van der Waals surface area contributed by atoms with Gasteiger partial charge >= 0.3 is 0 Å². The van der Waals surface area contributed by atoms with Gasteiger partial charge in [0.1, 0.15) is 17.3 Å². The first-order chi connectivity index (χ1) is 16.6. The molecule has 0 bridgehead atoms. The monoisotopic (exact) mass is 453 g/mol. The molecule has 0 aliphatic carbocycles. The first-order valence-corrected chi connectivity index (χ1v) is 11.4. The fourth-order valence-corrected chi connectivity index (χ4v) is 4.76. The number of amidine groups is 1. The summed E-state index contributed by atoms with van der Waals surface area (Å²) >= 11 is 0. The standard InChI is InChI=1S/C28H27N3O3/c1-33-21-15-20(16-22(17-21)34-2)31-25(13-12-18-8-4-3-5-9-18)27(32)26(28(31)29)24-14-19-10-6-7-11-23(19)30-24/h3-11,15-17,25,29-30H,12-14H2,1-2H3. The maximum atomic E-state index is 13.8. The molecule has 3 aromatic carbocycles. The third-order valence-electron chi connectivity index (χ3n) is 6.47. The Morgan fingerprint density at radius 1 is 0.971 bits per heavy atom. The van der Waals surface area contributed by atoms with Gasteiger partial charge in [0.25, 0.3) is 0 Å². The maximum Gasteiger partial charge on any atom is 0.191 e. The Bertz CT molecular complexity index is 1230. The molecule has 3 aromatic rings. The average Bonchev–Trinajstić information content (AvgIpc) is 3.40. The number of benzene rings is 3.